The highest BCUT2D eigenvalue weighted by Crippen LogP contribution is 2.29. The molecule has 0 radical (unpaired) electrons. The fraction of sp³-hybridized carbons (Fsp3) is 0.846. The zero-order chi connectivity index (χ0) is 28.5. The third-order valence-electron chi connectivity index (χ3n) is 7.06. The summed E-state index contributed by atoms with van der Waals surface area (Å²) in [6.45, 7) is 11.0. The third kappa shape index (κ3) is 9.45. The lowest BCUT2D eigenvalue weighted by Crippen LogP contribution is -2.54. The lowest BCUT2D eigenvalue weighted by molar-refractivity contribution is -0.151. The van der Waals surface area contributed by atoms with E-state index in [1.807, 2.05) is 13.8 Å². The largest absolute Gasteiger partial charge is 0.481 e. The standard InChI is InChI=1S/C26H47N3O8/c1-10-16(2)22(28(7)21(31)15-27-25(34)37-26(4,5)6)19(35-8)14-20(30)29-13-11-12-18(29)23(36-9)17(3)24(32)33/h16-19,22-23H,10-15H2,1-9H3,(H,27,34)(H,32,33). The molecule has 1 rings (SSSR count). The van der Waals surface area contributed by atoms with E-state index in [0.29, 0.717) is 13.0 Å². The lowest BCUT2D eigenvalue weighted by atomic mass is 9.90. The highest BCUT2D eigenvalue weighted by Gasteiger charge is 2.41. The van der Waals surface area contributed by atoms with Crippen molar-refractivity contribution < 1.29 is 38.5 Å². The molecule has 0 spiro atoms. The molecule has 1 heterocycles. The highest BCUT2D eigenvalue weighted by molar-refractivity contribution is 5.83. The molecule has 1 saturated heterocycles. The second-order valence-electron chi connectivity index (χ2n) is 10.8. The van der Waals surface area contributed by atoms with E-state index in [-0.39, 0.29) is 36.7 Å². The summed E-state index contributed by atoms with van der Waals surface area (Å²) in [5, 5.41) is 12.0. The summed E-state index contributed by atoms with van der Waals surface area (Å²) in [6.07, 6.45) is 0.264. The first-order valence-electron chi connectivity index (χ1n) is 13.0. The maximum atomic E-state index is 13.5. The minimum absolute atomic E-state index is 0.00126. The molecule has 11 heteroatoms. The van der Waals surface area contributed by atoms with Crippen LogP contribution in [0.5, 0.6) is 0 Å². The molecule has 0 aliphatic carbocycles. The number of carbonyl (C=O) groups is 4. The van der Waals surface area contributed by atoms with Crippen molar-refractivity contribution >= 4 is 23.9 Å². The fourth-order valence-electron chi connectivity index (χ4n) is 4.90. The first-order chi connectivity index (χ1) is 17.2. The van der Waals surface area contributed by atoms with Gasteiger partial charge in [-0.25, -0.2) is 4.79 Å². The molecule has 6 unspecified atom stereocenters. The summed E-state index contributed by atoms with van der Waals surface area (Å²) in [6, 6.07) is -0.773. The maximum absolute atomic E-state index is 13.5. The van der Waals surface area contributed by atoms with Crippen molar-refractivity contribution in [3.05, 3.63) is 0 Å². The monoisotopic (exact) mass is 529 g/mol. The van der Waals surface area contributed by atoms with Gasteiger partial charge < -0.3 is 34.4 Å². The summed E-state index contributed by atoms with van der Waals surface area (Å²) >= 11 is 0. The van der Waals surface area contributed by atoms with Crippen LogP contribution in [-0.2, 0) is 28.6 Å². The van der Waals surface area contributed by atoms with Crippen molar-refractivity contribution in [2.24, 2.45) is 11.8 Å². The smallest absolute Gasteiger partial charge is 0.408 e. The molecule has 1 fully saturated rings. The summed E-state index contributed by atoms with van der Waals surface area (Å²) in [5.74, 6) is -2.25. The van der Waals surface area contributed by atoms with Crippen LogP contribution in [0, 0.1) is 11.8 Å². The van der Waals surface area contributed by atoms with Crippen LogP contribution in [0.15, 0.2) is 0 Å². The van der Waals surface area contributed by atoms with Gasteiger partial charge in [-0.15, -0.1) is 0 Å². The first kappa shape index (κ1) is 32.6. The Bertz CT molecular complexity index is 784. The molecule has 11 nitrogen and oxygen atoms in total. The molecule has 1 aliphatic heterocycles. The van der Waals surface area contributed by atoms with Gasteiger partial charge in [0.25, 0.3) is 0 Å². The van der Waals surface area contributed by atoms with E-state index in [1.165, 1.54) is 19.1 Å². The zero-order valence-corrected chi connectivity index (χ0v) is 23.9. The maximum Gasteiger partial charge on any atom is 0.408 e. The highest BCUT2D eigenvalue weighted by atomic mass is 16.6. The zero-order valence-electron chi connectivity index (χ0n) is 23.9. The molecular weight excluding hydrogens is 482 g/mol. The van der Waals surface area contributed by atoms with E-state index in [1.54, 1.807) is 39.6 Å². The number of alkyl carbamates (subject to hydrolysis) is 1. The quantitative estimate of drug-likeness (QED) is 0.372. The Hall–Kier alpha value is -2.40. The Morgan fingerprint density at radius 1 is 1.14 bits per heavy atom. The Morgan fingerprint density at radius 2 is 1.76 bits per heavy atom. The average Bonchev–Trinajstić information content (AvgIpc) is 3.30. The van der Waals surface area contributed by atoms with Crippen molar-refractivity contribution in [3.8, 4) is 0 Å². The summed E-state index contributed by atoms with van der Waals surface area (Å²) in [5.41, 5.74) is -0.683. The van der Waals surface area contributed by atoms with Gasteiger partial charge in [0.2, 0.25) is 11.8 Å². The van der Waals surface area contributed by atoms with Crippen LogP contribution in [0.25, 0.3) is 0 Å². The number of carbonyl (C=O) groups excluding carboxylic acids is 3. The van der Waals surface area contributed by atoms with Gasteiger partial charge in [0, 0.05) is 27.8 Å². The molecule has 214 valence electrons. The molecule has 37 heavy (non-hydrogen) atoms. The van der Waals surface area contributed by atoms with E-state index in [4.69, 9.17) is 14.2 Å². The van der Waals surface area contributed by atoms with Crippen LogP contribution in [0.2, 0.25) is 0 Å². The second kappa shape index (κ2) is 14.5. The number of rotatable bonds is 13. The fourth-order valence-corrected chi connectivity index (χ4v) is 4.90. The molecule has 6 atom stereocenters. The second-order valence-corrected chi connectivity index (χ2v) is 10.8. The predicted molar refractivity (Wildman–Crippen MR) is 138 cm³/mol. The predicted octanol–water partition coefficient (Wildman–Crippen LogP) is 2.52. The molecule has 0 aromatic heterocycles. The number of likely N-dealkylation sites (tertiary alicyclic amines) is 1. The van der Waals surface area contributed by atoms with Gasteiger partial charge in [-0.1, -0.05) is 20.3 Å². The minimum atomic E-state index is -0.974. The number of methoxy groups -OCH3 is 2. The van der Waals surface area contributed by atoms with Crippen molar-refractivity contribution in [1.82, 2.24) is 15.1 Å². The van der Waals surface area contributed by atoms with Crippen LogP contribution in [-0.4, -0.2) is 103 Å². The Balaban J connectivity index is 3.00. The van der Waals surface area contributed by atoms with Gasteiger partial charge in [0.15, 0.2) is 0 Å². The molecule has 0 aromatic rings. The van der Waals surface area contributed by atoms with Crippen LogP contribution >= 0.6 is 0 Å². The molecule has 0 saturated carbocycles. The van der Waals surface area contributed by atoms with Gasteiger partial charge in [-0.2, -0.15) is 0 Å². The number of carboxylic acids is 1. The number of ether oxygens (including phenoxy) is 3. The number of amides is 3. The van der Waals surface area contributed by atoms with Gasteiger partial charge in [-0.3, -0.25) is 14.4 Å². The Labute approximate surface area is 221 Å². The number of likely N-dealkylation sites (N-methyl/N-ethyl adjacent to an activating group) is 1. The van der Waals surface area contributed by atoms with Crippen LogP contribution in [0.1, 0.15) is 67.2 Å². The normalized spacial score (nSPS) is 19.9. The number of aliphatic carboxylic acids is 1. The van der Waals surface area contributed by atoms with E-state index in [9.17, 15) is 24.3 Å². The van der Waals surface area contributed by atoms with Gasteiger partial charge in [0.05, 0.1) is 36.6 Å². The van der Waals surface area contributed by atoms with Gasteiger partial charge in [0.1, 0.15) is 12.1 Å². The number of hydrogen-bond donors (Lipinski definition) is 2. The van der Waals surface area contributed by atoms with Gasteiger partial charge in [-0.05, 0) is 46.5 Å². The topological polar surface area (TPSA) is 135 Å². The Morgan fingerprint density at radius 3 is 2.24 bits per heavy atom. The van der Waals surface area contributed by atoms with E-state index >= 15 is 0 Å². The molecule has 3 amide bonds. The Kier molecular flexibility index (Phi) is 12.8. The van der Waals surface area contributed by atoms with Crippen LogP contribution < -0.4 is 5.32 Å². The van der Waals surface area contributed by atoms with Crippen molar-refractivity contribution in [1.29, 1.82) is 0 Å². The molecule has 2 N–H and O–H groups in total. The summed E-state index contributed by atoms with van der Waals surface area (Å²) < 4.78 is 16.5. The number of carboxylic acid groups (broad SMARTS) is 1. The summed E-state index contributed by atoms with van der Waals surface area (Å²) in [7, 11) is 4.62. The van der Waals surface area contributed by atoms with E-state index in [2.05, 4.69) is 5.32 Å². The van der Waals surface area contributed by atoms with Crippen molar-refractivity contribution in [2.45, 2.75) is 97.1 Å². The number of hydrogen-bond acceptors (Lipinski definition) is 7. The van der Waals surface area contributed by atoms with Crippen molar-refractivity contribution in [3.63, 3.8) is 0 Å². The molecule has 1 aliphatic rings. The lowest BCUT2D eigenvalue weighted by Gasteiger charge is -2.39. The van der Waals surface area contributed by atoms with E-state index < -0.39 is 41.8 Å². The van der Waals surface area contributed by atoms with E-state index in [0.717, 1.165) is 12.8 Å². The SMILES string of the molecule is CCC(C)C(C(CC(=O)N1CCCC1C(OC)C(C)C(=O)O)OC)N(C)C(=O)CNC(=O)OC(C)(C)C. The van der Waals surface area contributed by atoms with Crippen LogP contribution in [0.3, 0.4) is 0 Å². The van der Waals surface area contributed by atoms with Crippen molar-refractivity contribution in [2.75, 3.05) is 34.4 Å². The molecule has 0 bridgehead atoms. The number of nitrogens with one attached hydrogen (secondary N) is 1. The van der Waals surface area contributed by atoms with Gasteiger partial charge >= 0.3 is 12.1 Å². The summed E-state index contributed by atoms with van der Waals surface area (Å²) in [4.78, 5) is 53.3. The van der Waals surface area contributed by atoms with Crippen LogP contribution in [0.4, 0.5) is 4.79 Å². The third-order valence-corrected chi connectivity index (χ3v) is 7.06. The number of nitrogens with zero attached hydrogens (tertiary/aromatic N) is 2. The molecule has 0 aromatic carbocycles. The first-order valence-corrected chi connectivity index (χ1v) is 13.0. The average molecular weight is 530 g/mol. The minimum Gasteiger partial charge on any atom is -0.481 e. The molecular formula is C26H47N3O8.